The van der Waals surface area contributed by atoms with Crippen molar-refractivity contribution in [3.63, 3.8) is 0 Å². The van der Waals surface area contributed by atoms with Crippen LogP contribution in [-0.2, 0) is 14.3 Å². The van der Waals surface area contributed by atoms with Crippen molar-refractivity contribution < 1.29 is 19.4 Å². The molecule has 6 heteroatoms. The number of hydrogen-bond donors (Lipinski definition) is 1. The van der Waals surface area contributed by atoms with E-state index in [0.29, 0.717) is 45.0 Å². The van der Waals surface area contributed by atoms with Crippen molar-refractivity contribution in [2.45, 2.75) is 64.4 Å². The maximum atomic E-state index is 12.8. The molecule has 3 fully saturated rings. The van der Waals surface area contributed by atoms with Crippen molar-refractivity contribution >= 4 is 11.8 Å². The Morgan fingerprint density at radius 3 is 2.42 bits per heavy atom. The van der Waals surface area contributed by atoms with E-state index in [-0.39, 0.29) is 23.8 Å². The molecule has 1 spiro atoms. The number of hydrogen-bond acceptors (Lipinski definition) is 4. The molecule has 2 saturated heterocycles. The van der Waals surface area contributed by atoms with E-state index in [2.05, 4.69) is 0 Å². The Balaban J connectivity index is 1.62. The maximum Gasteiger partial charge on any atom is 0.248 e. The minimum Gasteiger partial charge on any atom is -0.392 e. The van der Waals surface area contributed by atoms with Crippen molar-refractivity contribution in [2.24, 2.45) is 11.3 Å². The van der Waals surface area contributed by atoms with Crippen molar-refractivity contribution in [2.75, 3.05) is 39.4 Å². The Kier molecular flexibility index (Phi) is 6.56. The van der Waals surface area contributed by atoms with Gasteiger partial charge < -0.3 is 19.6 Å². The number of carbonyl (C=O) groups excluding carboxylic acids is 2. The summed E-state index contributed by atoms with van der Waals surface area (Å²) in [6, 6.07) is 0. The second-order valence-electron chi connectivity index (χ2n) is 8.39. The average Bonchev–Trinajstić information content (AvgIpc) is 3.15. The molecule has 0 aromatic heterocycles. The summed E-state index contributed by atoms with van der Waals surface area (Å²) >= 11 is 0. The summed E-state index contributed by atoms with van der Waals surface area (Å²) in [6.45, 7) is 4.98. The van der Waals surface area contributed by atoms with E-state index in [1.807, 2.05) is 16.7 Å². The van der Waals surface area contributed by atoms with Crippen LogP contribution in [-0.4, -0.2) is 72.2 Å². The van der Waals surface area contributed by atoms with E-state index in [1.165, 1.54) is 25.7 Å². The second kappa shape index (κ2) is 8.70. The van der Waals surface area contributed by atoms with Crippen molar-refractivity contribution in [1.29, 1.82) is 0 Å². The van der Waals surface area contributed by atoms with Gasteiger partial charge in [0.05, 0.1) is 6.10 Å². The quantitative estimate of drug-likeness (QED) is 0.806. The Morgan fingerprint density at radius 2 is 1.73 bits per heavy atom. The van der Waals surface area contributed by atoms with Gasteiger partial charge in [-0.05, 0) is 44.9 Å². The third-order valence-corrected chi connectivity index (χ3v) is 6.57. The fourth-order valence-corrected chi connectivity index (χ4v) is 5.01. The average molecular weight is 367 g/mol. The van der Waals surface area contributed by atoms with Crippen LogP contribution < -0.4 is 0 Å². The standard InChI is InChI=1S/C20H34N2O4/c1-2-26-13-19(25)22-11-8-17(23)20(15-22)9-5-10-21(14-20)18(24)12-16-6-3-4-7-16/h16-17,23H,2-15H2,1H3/t17-,20+/m1/s1. The number of carbonyl (C=O) groups is 2. The molecule has 1 aliphatic carbocycles. The van der Waals surface area contributed by atoms with Gasteiger partial charge in [0.25, 0.3) is 0 Å². The molecule has 0 radical (unpaired) electrons. The number of rotatable bonds is 5. The summed E-state index contributed by atoms with van der Waals surface area (Å²) in [5, 5.41) is 10.7. The number of aliphatic hydroxyl groups excluding tert-OH is 1. The summed E-state index contributed by atoms with van der Waals surface area (Å²) in [6.07, 6.45) is 7.41. The van der Waals surface area contributed by atoms with Gasteiger partial charge in [-0.2, -0.15) is 0 Å². The fraction of sp³-hybridized carbons (Fsp3) is 0.900. The van der Waals surface area contributed by atoms with Crippen LogP contribution in [0.25, 0.3) is 0 Å². The van der Waals surface area contributed by atoms with Gasteiger partial charge in [-0.25, -0.2) is 0 Å². The lowest BCUT2D eigenvalue weighted by Crippen LogP contribution is -2.61. The highest BCUT2D eigenvalue weighted by molar-refractivity contribution is 5.78. The lowest BCUT2D eigenvalue weighted by molar-refractivity contribution is -0.151. The van der Waals surface area contributed by atoms with Gasteiger partial charge in [-0.1, -0.05) is 12.8 Å². The molecule has 0 aromatic rings. The molecule has 1 saturated carbocycles. The topological polar surface area (TPSA) is 70.1 Å². The molecule has 2 heterocycles. The molecule has 26 heavy (non-hydrogen) atoms. The minimum absolute atomic E-state index is 0.00692. The van der Waals surface area contributed by atoms with E-state index < -0.39 is 6.10 Å². The molecule has 0 unspecified atom stereocenters. The molecule has 2 amide bonds. The van der Waals surface area contributed by atoms with Crippen LogP contribution in [0.2, 0.25) is 0 Å². The first kappa shape index (κ1) is 19.6. The van der Waals surface area contributed by atoms with Gasteiger partial charge in [0.2, 0.25) is 11.8 Å². The minimum atomic E-state index is -0.444. The van der Waals surface area contributed by atoms with E-state index in [4.69, 9.17) is 4.74 Å². The van der Waals surface area contributed by atoms with Gasteiger partial charge in [0, 0.05) is 44.6 Å². The van der Waals surface area contributed by atoms with E-state index in [0.717, 1.165) is 19.4 Å². The highest BCUT2D eigenvalue weighted by atomic mass is 16.5. The molecule has 148 valence electrons. The molecule has 2 aliphatic heterocycles. The highest BCUT2D eigenvalue weighted by Gasteiger charge is 2.47. The molecular weight excluding hydrogens is 332 g/mol. The van der Waals surface area contributed by atoms with Crippen LogP contribution in [0.3, 0.4) is 0 Å². The smallest absolute Gasteiger partial charge is 0.248 e. The number of aliphatic hydroxyl groups is 1. The summed E-state index contributed by atoms with van der Waals surface area (Å²) in [7, 11) is 0. The zero-order chi connectivity index (χ0) is 18.6. The third kappa shape index (κ3) is 4.39. The third-order valence-electron chi connectivity index (χ3n) is 6.57. The van der Waals surface area contributed by atoms with Crippen LogP contribution in [0.5, 0.6) is 0 Å². The van der Waals surface area contributed by atoms with Gasteiger partial charge in [0.1, 0.15) is 6.61 Å². The molecule has 3 aliphatic rings. The van der Waals surface area contributed by atoms with Crippen molar-refractivity contribution in [3.8, 4) is 0 Å². The first-order valence-electron chi connectivity index (χ1n) is 10.4. The lowest BCUT2D eigenvalue weighted by Gasteiger charge is -2.51. The Labute approximate surface area is 156 Å². The molecule has 0 aromatic carbocycles. The number of amides is 2. The van der Waals surface area contributed by atoms with Crippen LogP contribution in [0.4, 0.5) is 0 Å². The molecular formula is C20H34N2O4. The van der Waals surface area contributed by atoms with E-state index >= 15 is 0 Å². The molecule has 3 rings (SSSR count). The van der Waals surface area contributed by atoms with Gasteiger partial charge >= 0.3 is 0 Å². The summed E-state index contributed by atoms with van der Waals surface area (Å²) in [5.74, 6) is 0.773. The largest absolute Gasteiger partial charge is 0.392 e. The molecule has 0 bridgehead atoms. The Morgan fingerprint density at radius 1 is 1.04 bits per heavy atom. The van der Waals surface area contributed by atoms with Crippen LogP contribution in [0.15, 0.2) is 0 Å². The lowest BCUT2D eigenvalue weighted by atomic mass is 9.71. The van der Waals surface area contributed by atoms with Crippen LogP contribution >= 0.6 is 0 Å². The Bertz CT molecular complexity index is 506. The Hall–Kier alpha value is -1.14. The van der Waals surface area contributed by atoms with Crippen molar-refractivity contribution in [1.82, 2.24) is 9.80 Å². The summed E-state index contributed by atoms with van der Waals surface area (Å²) in [4.78, 5) is 28.9. The zero-order valence-electron chi connectivity index (χ0n) is 16.1. The monoisotopic (exact) mass is 366 g/mol. The summed E-state index contributed by atoms with van der Waals surface area (Å²) in [5.41, 5.74) is -0.371. The SMILES string of the molecule is CCOCC(=O)N1CC[C@@H](O)[C@]2(CCCN(C(=O)CC3CCCC3)C2)C1. The maximum absolute atomic E-state index is 12.8. The zero-order valence-corrected chi connectivity index (χ0v) is 16.1. The predicted molar refractivity (Wildman–Crippen MR) is 98.5 cm³/mol. The first-order valence-corrected chi connectivity index (χ1v) is 10.4. The number of piperidine rings is 2. The molecule has 6 nitrogen and oxygen atoms in total. The van der Waals surface area contributed by atoms with Gasteiger partial charge in [-0.15, -0.1) is 0 Å². The summed E-state index contributed by atoms with van der Waals surface area (Å²) < 4.78 is 5.27. The van der Waals surface area contributed by atoms with Crippen molar-refractivity contribution in [3.05, 3.63) is 0 Å². The molecule has 1 N–H and O–H groups in total. The van der Waals surface area contributed by atoms with E-state index in [1.54, 1.807) is 0 Å². The fourth-order valence-electron chi connectivity index (χ4n) is 5.01. The second-order valence-corrected chi connectivity index (χ2v) is 8.39. The number of nitrogens with zero attached hydrogens (tertiary/aromatic N) is 2. The number of likely N-dealkylation sites (tertiary alicyclic amines) is 2. The normalized spacial score (nSPS) is 30.2. The van der Waals surface area contributed by atoms with Crippen LogP contribution in [0.1, 0.15) is 58.3 Å². The highest BCUT2D eigenvalue weighted by Crippen LogP contribution is 2.39. The first-order chi connectivity index (χ1) is 12.5. The van der Waals surface area contributed by atoms with E-state index in [9.17, 15) is 14.7 Å². The molecule has 2 atom stereocenters. The van der Waals surface area contributed by atoms with Crippen LogP contribution in [0, 0.1) is 11.3 Å². The number of ether oxygens (including phenoxy) is 1. The predicted octanol–water partition coefficient (Wildman–Crippen LogP) is 1.81. The van der Waals surface area contributed by atoms with Gasteiger partial charge in [-0.3, -0.25) is 9.59 Å². The van der Waals surface area contributed by atoms with Gasteiger partial charge in [0.15, 0.2) is 0 Å².